The Morgan fingerprint density at radius 3 is 2.42 bits per heavy atom. The number of hydrogen-bond donors (Lipinski definition) is 1. The van der Waals surface area contributed by atoms with Crippen molar-refractivity contribution in [1.29, 1.82) is 0 Å². The van der Waals surface area contributed by atoms with Crippen LogP contribution in [0, 0.1) is 0 Å². The molecular weight excluding hydrogens is 592 g/mol. The van der Waals surface area contributed by atoms with Crippen molar-refractivity contribution in [3.05, 3.63) is 58.7 Å². The van der Waals surface area contributed by atoms with Gasteiger partial charge in [-0.05, 0) is 79.1 Å². The first-order valence-corrected chi connectivity index (χ1v) is 17.5. The minimum Gasteiger partial charge on any atom is -0.497 e. The lowest BCUT2D eigenvalue weighted by Crippen LogP contribution is -2.42. The first kappa shape index (κ1) is 30.0. The lowest BCUT2D eigenvalue weighted by atomic mass is 9.81. The normalized spacial score (nSPS) is 19.5. The van der Waals surface area contributed by atoms with Crippen molar-refractivity contribution < 1.29 is 27.5 Å². The smallest absolute Gasteiger partial charge is 0.304 e. The van der Waals surface area contributed by atoms with E-state index in [1.54, 1.807) is 19.2 Å². The van der Waals surface area contributed by atoms with Crippen molar-refractivity contribution >= 4 is 39.0 Å². The number of nitrogens with one attached hydrogen (secondary N) is 1. The number of rotatable bonds is 6. The topological polar surface area (TPSA) is 110 Å². The lowest BCUT2D eigenvalue weighted by Gasteiger charge is -2.28. The van der Waals surface area contributed by atoms with Gasteiger partial charge in [-0.1, -0.05) is 25.3 Å². The summed E-state index contributed by atoms with van der Waals surface area (Å²) in [5.41, 5.74) is 5.95. The van der Waals surface area contributed by atoms with Gasteiger partial charge in [0.1, 0.15) is 5.75 Å². The molecule has 7 rings (SSSR count). The summed E-state index contributed by atoms with van der Waals surface area (Å²) in [6.07, 6.45) is 9.22. The summed E-state index contributed by atoms with van der Waals surface area (Å²) >= 11 is 0. The van der Waals surface area contributed by atoms with Gasteiger partial charge in [-0.2, -0.15) is 12.7 Å². The Bertz CT molecular complexity index is 1780. The zero-order chi connectivity index (χ0) is 31.1. The second kappa shape index (κ2) is 12.3. The highest BCUT2D eigenvalue weighted by atomic mass is 32.2. The zero-order valence-electron chi connectivity index (χ0n) is 25.7. The lowest BCUT2D eigenvalue weighted by molar-refractivity contribution is -0.131. The molecule has 2 amide bonds. The van der Waals surface area contributed by atoms with E-state index in [9.17, 15) is 18.0 Å². The third-order valence-corrected chi connectivity index (χ3v) is 11.2. The number of fused-ring (bicyclic) bond motifs is 5. The molecule has 4 heterocycles. The minimum absolute atomic E-state index is 0.0356. The van der Waals surface area contributed by atoms with Crippen LogP contribution in [0.1, 0.15) is 72.3 Å². The van der Waals surface area contributed by atoms with Gasteiger partial charge in [-0.15, -0.1) is 0 Å². The van der Waals surface area contributed by atoms with Gasteiger partial charge in [0.2, 0.25) is 0 Å². The molecule has 0 unspecified atom stereocenters. The molecule has 45 heavy (non-hydrogen) atoms. The Hall–Kier alpha value is -3.67. The number of carbonyl (C=O) groups is 2. The monoisotopic (exact) mass is 632 g/mol. The van der Waals surface area contributed by atoms with E-state index in [0.29, 0.717) is 63.2 Å². The fourth-order valence-electron chi connectivity index (χ4n) is 7.45. The summed E-state index contributed by atoms with van der Waals surface area (Å²) in [7, 11) is -2.29. The second-order valence-electron chi connectivity index (χ2n) is 12.5. The highest BCUT2D eigenvalue weighted by Gasteiger charge is 2.33. The Kier molecular flexibility index (Phi) is 8.18. The zero-order valence-corrected chi connectivity index (χ0v) is 26.5. The fraction of sp³-hybridized carbons (Fsp3) is 0.471. The third-order valence-electron chi connectivity index (χ3n) is 9.75. The number of benzene rings is 2. The molecule has 3 fully saturated rings. The molecule has 0 bridgehead atoms. The molecule has 0 radical (unpaired) electrons. The van der Waals surface area contributed by atoms with Gasteiger partial charge >= 0.3 is 10.2 Å². The van der Waals surface area contributed by atoms with Crippen LogP contribution in [-0.2, 0) is 26.3 Å². The van der Waals surface area contributed by atoms with Gasteiger partial charge in [0.05, 0.1) is 32.6 Å². The van der Waals surface area contributed by atoms with E-state index in [1.165, 1.54) is 16.3 Å². The van der Waals surface area contributed by atoms with E-state index < -0.39 is 16.1 Å². The van der Waals surface area contributed by atoms with Crippen molar-refractivity contribution in [3.63, 3.8) is 0 Å². The number of hydrogen-bond acceptors (Lipinski definition) is 6. The van der Waals surface area contributed by atoms with Crippen LogP contribution >= 0.6 is 0 Å². The SMILES string of the molecule is COc1ccc2c(c1)C=C(C(=O)N1CCOCC1)Cn1c-2c(C2CCCCC2)c2ccc(C(=O)NS(=O)(=O)N3CCCC3)cc21. The largest absolute Gasteiger partial charge is 0.497 e. The van der Waals surface area contributed by atoms with E-state index in [1.807, 2.05) is 29.2 Å². The Balaban J connectivity index is 1.39. The predicted octanol–water partition coefficient (Wildman–Crippen LogP) is 4.69. The maximum Gasteiger partial charge on any atom is 0.304 e. The Labute approximate surface area is 264 Å². The first-order chi connectivity index (χ1) is 21.8. The molecule has 3 aromatic rings. The quantitative estimate of drug-likeness (QED) is 0.422. The van der Waals surface area contributed by atoms with E-state index in [4.69, 9.17) is 9.47 Å². The number of carbonyl (C=O) groups excluding carboxylic acids is 2. The van der Waals surface area contributed by atoms with E-state index in [2.05, 4.69) is 15.4 Å². The number of amides is 2. The van der Waals surface area contributed by atoms with Crippen LogP contribution in [0.25, 0.3) is 28.2 Å². The van der Waals surface area contributed by atoms with Gasteiger partial charge in [0.15, 0.2) is 0 Å². The van der Waals surface area contributed by atoms with Gasteiger partial charge in [-0.3, -0.25) is 9.59 Å². The highest BCUT2D eigenvalue weighted by molar-refractivity contribution is 7.87. The number of nitrogens with zero attached hydrogens (tertiary/aromatic N) is 3. The van der Waals surface area contributed by atoms with Crippen LogP contribution in [0.2, 0.25) is 0 Å². The summed E-state index contributed by atoms with van der Waals surface area (Å²) < 4.78 is 42.8. The second-order valence-corrected chi connectivity index (χ2v) is 14.2. The molecule has 11 heteroatoms. The molecule has 2 aromatic carbocycles. The molecule has 1 saturated carbocycles. The molecule has 1 aliphatic carbocycles. The van der Waals surface area contributed by atoms with E-state index in [-0.39, 0.29) is 11.5 Å². The fourth-order valence-corrected chi connectivity index (χ4v) is 8.67. The van der Waals surface area contributed by atoms with Crippen LogP contribution in [0.4, 0.5) is 0 Å². The van der Waals surface area contributed by atoms with Gasteiger partial charge in [-0.25, -0.2) is 4.72 Å². The van der Waals surface area contributed by atoms with E-state index >= 15 is 0 Å². The molecule has 0 atom stereocenters. The van der Waals surface area contributed by atoms with Crippen LogP contribution in [0.5, 0.6) is 5.75 Å². The van der Waals surface area contributed by atoms with E-state index in [0.717, 1.165) is 66.2 Å². The maximum atomic E-state index is 14.0. The molecular formula is C34H40N4O6S. The first-order valence-electron chi connectivity index (χ1n) is 16.1. The van der Waals surface area contributed by atoms with Gasteiger partial charge < -0.3 is 18.9 Å². The summed E-state index contributed by atoms with van der Waals surface area (Å²) in [5.74, 6) is 0.355. The molecule has 238 valence electrons. The Morgan fingerprint density at radius 1 is 0.933 bits per heavy atom. The van der Waals surface area contributed by atoms with Gasteiger partial charge in [0, 0.05) is 53.8 Å². The molecule has 0 spiro atoms. The molecule has 1 aromatic heterocycles. The van der Waals surface area contributed by atoms with Crippen molar-refractivity contribution in [1.82, 2.24) is 18.5 Å². The maximum absolute atomic E-state index is 14.0. The van der Waals surface area contributed by atoms with Crippen molar-refractivity contribution in [3.8, 4) is 17.0 Å². The third kappa shape index (κ3) is 5.66. The summed E-state index contributed by atoms with van der Waals surface area (Å²) in [6.45, 7) is 3.22. The number of aromatic nitrogens is 1. The predicted molar refractivity (Wildman–Crippen MR) is 172 cm³/mol. The average Bonchev–Trinajstić information content (AvgIpc) is 3.69. The highest BCUT2D eigenvalue weighted by Crippen LogP contribution is 2.47. The van der Waals surface area contributed by atoms with Crippen molar-refractivity contribution in [2.75, 3.05) is 46.5 Å². The van der Waals surface area contributed by atoms with Crippen molar-refractivity contribution in [2.45, 2.75) is 57.4 Å². The average molecular weight is 633 g/mol. The van der Waals surface area contributed by atoms with Gasteiger partial charge in [0.25, 0.3) is 11.8 Å². The molecule has 4 aliphatic rings. The van der Waals surface area contributed by atoms with Crippen molar-refractivity contribution in [2.24, 2.45) is 0 Å². The molecule has 10 nitrogen and oxygen atoms in total. The summed E-state index contributed by atoms with van der Waals surface area (Å²) in [6, 6.07) is 11.5. The van der Waals surface area contributed by atoms with Crippen LogP contribution in [-0.4, -0.2) is 80.5 Å². The van der Waals surface area contributed by atoms with Crippen LogP contribution in [0.3, 0.4) is 0 Å². The molecule has 3 aliphatic heterocycles. The molecule has 2 saturated heterocycles. The minimum atomic E-state index is -3.93. The number of methoxy groups -OCH3 is 1. The number of ether oxygens (including phenoxy) is 2. The summed E-state index contributed by atoms with van der Waals surface area (Å²) in [5, 5.41) is 1.04. The standard InChI is InChI=1S/C34H40N4O6S/c1-43-27-10-12-28-25(20-27)19-26(34(40)36-15-17-44-18-16-36)22-38-30-21-24(33(39)35-45(41,42)37-13-5-6-14-37)9-11-29(30)31(32(28)38)23-7-3-2-4-8-23/h9-12,19-21,23H,2-8,13-18,22H2,1H3,(H,35,39). The van der Waals surface area contributed by atoms with Crippen LogP contribution < -0.4 is 9.46 Å². The Morgan fingerprint density at radius 2 is 1.69 bits per heavy atom. The van der Waals surface area contributed by atoms with Crippen LogP contribution in [0.15, 0.2) is 42.0 Å². The molecule has 1 N–H and O–H groups in total. The summed E-state index contributed by atoms with van der Waals surface area (Å²) in [4.78, 5) is 29.3. The number of morpholine rings is 1.